The number of amides is 1. The maximum absolute atomic E-state index is 12.2. The molecule has 3 heterocycles. The van der Waals surface area contributed by atoms with E-state index in [0.717, 1.165) is 27.9 Å². The third-order valence-corrected chi connectivity index (χ3v) is 3.73. The minimum absolute atomic E-state index is 0.348. The molecule has 1 atom stereocenters. The van der Waals surface area contributed by atoms with Crippen LogP contribution in [0, 0.1) is 0 Å². The molecule has 6 heteroatoms. The summed E-state index contributed by atoms with van der Waals surface area (Å²) in [6.45, 7) is 7.37. The van der Waals surface area contributed by atoms with Gasteiger partial charge in [0.2, 0.25) is 0 Å². The van der Waals surface area contributed by atoms with Crippen LogP contribution in [0.5, 0.6) is 0 Å². The maximum Gasteiger partial charge on any atom is 0.408 e. The van der Waals surface area contributed by atoms with Crippen LogP contribution in [0.15, 0.2) is 48.9 Å². The summed E-state index contributed by atoms with van der Waals surface area (Å²) in [5.41, 5.74) is 2.63. The Balaban J connectivity index is 2.01. The Kier molecular flexibility index (Phi) is 4.84. The summed E-state index contributed by atoms with van der Waals surface area (Å²) >= 11 is 0. The van der Waals surface area contributed by atoms with Gasteiger partial charge < -0.3 is 10.1 Å². The van der Waals surface area contributed by atoms with Crippen molar-refractivity contribution >= 4 is 17.0 Å². The molecule has 3 aromatic heterocycles. The molecular formula is C20H22N4O2. The Labute approximate surface area is 152 Å². The zero-order valence-corrected chi connectivity index (χ0v) is 15.4. The van der Waals surface area contributed by atoms with E-state index < -0.39 is 11.7 Å². The Bertz CT molecular complexity index is 920. The van der Waals surface area contributed by atoms with E-state index in [1.54, 1.807) is 18.6 Å². The van der Waals surface area contributed by atoms with Gasteiger partial charge in [0.15, 0.2) is 0 Å². The lowest BCUT2D eigenvalue weighted by atomic mass is 10.0. The minimum Gasteiger partial charge on any atom is -0.444 e. The van der Waals surface area contributed by atoms with Gasteiger partial charge in [0.1, 0.15) is 5.60 Å². The highest BCUT2D eigenvalue weighted by Gasteiger charge is 2.21. The molecule has 1 amide bonds. The number of rotatable bonds is 3. The van der Waals surface area contributed by atoms with Crippen molar-refractivity contribution in [3.8, 4) is 11.3 Å². The first-order valence-electron chi connectivity index (χ1n) is 8.49. The number of nitrogens with zero attached hydrogens (tertiary/aromatic N) is 3. The Morgan fingerprint density at radius 2 is 2.00 bits per heavy atom. The third kappa shape index (κ3) is 4.14. The molecule has 0 bridgehead atoms. The van der Waals surface area contributed by atoms with Crippen molar-refractivity contribution in [2.75, 3.05) is 0 Å². The first kappa shape index (κ1) is 17.8. The lowest BCUT2D eigenvalue weighted by Crippen LogP contribution is -2.34. The number of aromatic nitrogens is 3. The molecule has 3 rings (SSSR count). The van der Waals surface area contributed by atoms with Crippen LogP contribution in [-0.4, -0.2) is 26.6 Å². The molecule has 0 fully saturated rings. The number of alkyl carbamates (subject to hydrolysis) is 1. The zero-order valence-electron chi connectivity index (χ0n) is 15.4. The van der Waals surface area contributed by atoms with Crippen molar-refractivity contribution < 1.29 is 9.53 Å². The molecule has 0 aliphatic heterocycles. The van der Waals surface area contributed by atoms with Gasteiger partial charge in [-0.05, 0) is 52.0 Å². The smallest absolute Gasteiger partial charge is 0.408 e. The normalized spacial score (nSPS) is 12.6. The first-order chi connectivity index (χ1) is 12.3. The number of hydrogen-bond donors (Lipinski definition) is 1. The maximum atomic E-state index is 12.2. The van der Waals surface area contributed by atoms with Crippen LogP contribution in [-0.2, 0) is 4.74 Å². The van der Waals surface area contributed by atoms with Crippen molar-refractivity contribution in [3.05, 3.63) is 54.6 Å². The molecule has 0 saturated heterocycles. The third-order valence-electron chi connectivity index (χ3n) is 3.73. The van der Waals surface area contributed by atoms with E-state index in [2.05, 4.69) is 15.3 Å². The lowest BCUT2D eigenvalue weighted by molar-refractivity contribution is 0.0507. The number of nitrogens with one attached hydrogen (secondary N) is 1. The van der Waals surface area contributed by atoms with E-state index >= 15 is 0 Å². The number of fused-ring (bicyclic) bond motifs is 1. The summed E-state index contributed by atoms with van der Waals surface area (Å²) in [7, 11) is 0. The molecule has 1 N–H and O–H groups in total. The van der Waals surface area contributed by atoms with Crippen molar-refractivity contribution in [3.63, 3.8) is 0 Å². The Hall–Kier alpha value is -3.02. The number of carbonyl (C=O) groups excluding carboxylic acids is 1. The second kappa shape index (κ2) is 7.07. The van der Waals surface area contributed by atoms with Crippen LogP contribution < -0.4 is 5.32 Å². The Morgan fingerprint density at radius 1 is 1.19 bits per heavy atom. The predicted molar refractivity (Wildman–Crippen MR) is 101 cm³/mol. The molecule has 0 spiro atoms. The molecule has 0 saturated carbocycles. The van der Waals surface area contributed by atoms with E-state index in [4.69, 9.17) is 9.72 Å². The molecule has 6 nitrogen and oxygen atoms in total. The van der Waals surface area contributed by atoms with Crippen LogP contribution in [0.25, 0.3) is 22.2 Å². The van der Waals surface area contributed by atoms with E-state index in [0.29, 0.717) is 0 Å². The number of carbonyl (C=O) groups is 1. The van der Waals surface area contributed by atoms with E-state index in [-0.39, 0.29) is 6.04 Å². The molecule has 3 aromatic rings. The molecule has 1 unspecified atom stereocenters. The van der Waals surface area contributed by atoms with Gasteiger partial charge in [-0.2, -0.15) is 0 Å². The summed E-state index contributed by atoms with van der Waals surface area (Å²) in [4.78, 5) is 25.5. The van der Waals surface area contributed by atoms with Crippen molar-refractivity contribution in [2.45, 2.75) is 39.3 Å². The highest BCUT2D eigenvalue weighted by Crippen LogP contribution is 2.29. The van der Waals surface area contributed by atoms with Crippen molar-refractivity contribution in [1.82, 2.24) is 20.3 Å². The molecule has 0 aliphatic rings. The van der Waals surface area contributed by atoms with Crippen LogP contribution in [0.4, 0.5) is 4.79 Å². The average Bonchev–Trinajstić information content (AvgIpc) is 2.59. The van der Waals surface area contributed by atoms with Gasteiger partial charge in [-0.1, -0.05) is 6.07 Å². The summed E-state index contributed by atoms with van der Waals surface area (Å²) in [5.74, 6) is 0. The zero-order chi connectivity index (χ0) is 18.7. The SMILES string of the molecule is CC(NC(=O)OC(C)(C)C)c1nc2ccncc2cc1-c1ccccn1. The molecule has 26 heavy (non-hydrogen) atoms. The summed E-state index contributed by atoms with van der Waals surface area (Å²) in [6, 6.07) is 9.21. The molecular weight excluding hydrogens is 328 g/mol. The second-order valence-electron chi connectivity index (χ2n) is 7.07. The van der Waals surface area contributed by atoms with E-state index in [1.807, 2.05) is 58.0 Å². The second-order valence-corrected chi connectivity index (χ2v) is 7.07. The molecule has 0 aliphatic carbocycles. The lowest BCUT2D eigenvalue weighted by Gasteiger charge is -2.23. The van der Waals surface area contributed by atoms with Crippen LogP contribution in [0.3, 0.4) is 0 Å². The fourth-order valence-corrected chi connectivity index (χ4v) is 2.64. The Morgan fingerprint density at radius 3 is 2.69 bits per heavy atom. The number of ether oxygens (including phenoxy) is 1. The van der Waals surface area contributed by atoms with Gasteiger partial charge in [-0.3, -0.25) is 9.97 Å². The van der Waals surface area contributed by atoms with Gasteiger partial charge in [0.05, 0.1) is 22.9 Å². The fraction of sp³-hybridized carbons (Fsp3) is 0.300. The number of hydrogen-bond acceptors (Lipinski definition) is 5. The van der Waals surface area contributed by atoms with Gasteiger partial charge in [0, 0.05) is 29.5 Å². The first-order valence-corrected chi connectivity index (χ1v) is 8.49. The van der Waals surface area contributed by atoms with Gasteiger partial charge in [0.25, 0.3) is 0 Å². The van der Waals surface area contributed by atoms with Crippen LogP contribution in [0.2, 0.25) is 0 Å². The number of pyridine rings is 3. The quantitative estimate of drug-likeness (QED) is 0.763. The average molecular weight is 350 g/mol. The summed E-state index contributed by atoms with van der Waals surface area (Å²) in [6.07, 6.45) is 4.72. The molecule has 0 aromatic carbocycles. The highest BCUT2D eigenvalue weighted by atomic mass is 16.6. The molecule has 134 valence electrons. The van der Waals surface area contributed by atoms with Gasteiger partial charge in [-0.15, -0.1) is 0 Å². The topological polar surface area (TPSA) is 77.0 Å². The van der Waals surface area contributed by atoms with Crippen LogP contribution in [0.1, 0.15) is 39.4 Å². The van der Waals surface area contributed by atoms with Crippen molar-refractivity contribution in [1.29, 1.82) is 0 Å². The van der Waals surface area contributed by atoms with E-state index in [1.165, 1.54) is 0 Å². The van der Waals surface area contributed by atoms with E-state index in [9.17, 15) is 4.79 Å². The highest BCUT2D eigenvalue weighted by molar-refractivity contribution is 5.84. The van der Waals surface area contributed by atoms with Crippen molar-refractivity contribution in [2.24, 2.45) is 0 Å². The minimum atomic E-state index is -0.559. The fourth-order valence-electron chi connectivity index (χ4n) is 2.64. The summed E-state index contributed by atoms with van der Waals surface area (Å²) in [5, 5.41) is 3.78. The molecule has 0 radical (unpaired) electrons. The predicted octanol–water partition coefficient (Wildman–Crippen LogP) is 4.28. The van der Waals surface area contributed by atoms with Gasteiger partial charge >= 0.3 is 6.09 Å². The largest absolute Gasteiger partial charge is 0.444 e. The monoisotopic (exact) mass is 350 g/mol. The summed E-state index contributed by atoms with van der Waals surface area (Å²) < 4.78 is 5.36. The standard InChI is InChI=1S/C20H22N4O2/c1-13(23-19(25)26-20(2,3)4)18-15(17-7-5-6-9-22-17)11-14-12-21-10-8-16(14)24-18/h5-13H,1-4H3,(H,23,25). The van der Waals surface area contributed by atoms with Crippen LogP contribution >= 0.6 is 0 Å². The van der Waals surface area contributed by atoms with Gasteiger partial charge in [-0.25, -0.2) is 9.78 Å².